The monoisotopic (exact) mass is 427 g/mol. The van der Waals surface area contributed by atoms with Crippen molar-refractivity contribution in [3.05, 3.63) is 56.7 Å². The van der Waals surface area contributed by atoms with E-state index in [0.717, 1.165) is 57.2 Å². The van der Waals surface area contributed by atoms with E-state index in [1.165, 1.54) is 4.57 Å². The minimum Gasteiger partial charge on any atom is -0.383 e. The number of nitrogen functional groups attached to an aromatic ring is 1. The summed E-state index contributed by atoms with van der Waals surface area (Å²) in [4.78, 5) is 44.3. The lowest BCUT2D eigenvalue weighted by molar-refractivity contribution is -0.129. The van der Waals surface area contributed by atoms with Crippen LogP contribution in [-0.2, 0) is 17.9 Å². The highest BCUT2D eigenvalue weighted by atomic mass is 16.2. The quantitative estimate of drug-likeness (QED) is 0.673. The topological polar surface area (TPSA) is 104 Å². The number of rotatable bonds is 8. The fraction of sp³-hybridized carbons (Fsp3) is 0.522. The van der Waals surface area contributed by atoms with Crippen molar-refractivity contribution in [1.82, 2.24) is 14.5 Å². The molecule has 3 rings (SSSR count). The third-order valence-electron chi connectivity index (χ3n) is 5.77. The van der Waals surface area contributed by atoms with Gasteiger partial charge in [0.15, 0.2) is 0 Å². The molecule has 0 aliphatic carbocycles. The number of carbonyl (C=O) groups excluding carboxylic acids is 1. The van der Waals surface area contributed by atoms with E-state index in [9.17, 15) is 14.4 Å². The smallest absolute Gasteiger partial charge is 0.330 e. The molecule has 1 fully saturated rings. The molecule has 0 radical (unpaired) electrons. The van der Waals surface area contributed by atoms with Crippen LogP contribution in [0.5, 0.6) is 0 Å². The van der Waals surface area contributed by atoms with Gasteiger partial charge in [-0.3, -0.25) is 19.1 Å². The van der Waals surface area contributed by atoms with Crippen molar-refractivity contribution in [3.63, 3.8) is 0 Å². The van der Waals surface area contributed by atoms with Crippen molar-refractivity contribution in [1.29, 1.82) is 0 Å². The van der Waals surface area contributed by atoms with Crippen molar-refractivity contribution in [2.75, 3.05) is 30.3 Å². The second-order valence-corrected chi connectivity index (χ2v) is 8.13. The highest BCUT2D eigenvalue weighted by Crippen LogP contribution is 2.20. The summed E-state index contributed by atoms with van der Waals surface area (Å²) < 4.78 is 1.40. The van der Waals surface area contributed by atoms with Gasteiger partial charge in [0, 0.05) is 26.2 Å². The number of nitrogens with zero attached hydrogens (tertiary/aromatic N) is 3. The second kappa shape index (κ2) is 10.8. The van der Waals surface area contributed by atoms with Crippen molar-refractivity contribution in [2.45, 2.75) is 58.5 Å². The lowest BCUT2D eigenvalue weighted by Gasteiger charge is -2.29. The van der Waals surface area contributed by atoms with E-state index in [1.807, 2.05) is 42.2 Å². The Balaban J connectivity index is 1.96. The molecule has 168 valence electrons. The van der Waals surface area contributed by atoms with Crippen LogP contribution in [0.3, 0.4) is 0 Å². The molecule has 2 aromatic rings. The first kappa shape index (κ1) is 22.7. The van der Waals surface area contributed by atoms with E-state index >= 15 is 0 Å². The molecule has 0 bridgehead atoms. The number of benzene rings is 1. The van der Waals surface area contributed by atoms with E-state index in [1.54, 1.807) is 4.90 Å². The summed E-state index contributed by atoms with van der Waals surface area (Å²) in [5, 5.41) is 0. The average Bonchev–Trinajstić information content (AvgIpc) is 3.04. The number of hydrogen-bond acceptors (Lipinski definition) is 5. The Labute approximate surface area is 182 Å². The zero-order valence-electron chi connectivity index (χ0n) is 18.3. The van der Waals surface area contributed by atoms with Crippen LogP contribution in [-0.4, -0.2) is 40.0 Å². The number of H-pyrrole nitrogens is 1. The van der Waals surface area contributed by atoms with E-state index in [-0.39, 0.29) is 24.0 Å². The van der Waals surface area contributed by atoms with Gasteiger partial charge in [0.1, 0.15) is 11.5 Å². The van der Waals surface area contributed by atoms with E-state index in [2.05, 4.69) is 4.98 Å². The summed E-state index contributed by atoms with van der Waals surface area (Å²) in [6.07, 6.45) is 5.91. The van der Waals surface area contributed by atoms with Gasteiger partial charge in [-0.15, -0.1) is 0 Å². The molecular formula is C23H33N5O3. The minimum atomic E-state index is -0.560. The standard InChI is InChI=1S/C23H33N5O3/c1-2-3-15-28-21(24)20(22(30)25-23(28)31)27(16-18-11-7-6-8-12-18)17-19(29)26-13-9-4-5-10-14-26/h6-8,11-12H,2-5,9-10,13-17,24H2,1H3,(H,25,30,31). The summed E-state index contributed by atoms with van der Waals surface area (Å²) in [5.41, 5.74) is 6.40. The number of amides is 1. The fourth-order valence-corrected chi connectivity index (χ4v) is 4.02. The van der Waals surface area contributed by atoms with Crippen LogP contribution in [0, 0.1) is 0 Å². The highest BCUT2D eigenvalue weighted by Gasteiger charge is 2.24. The summed E-state index contributed by atoms with van der Waals surface area (Å²) >= 11 is 0. The molecule has 0 unspecified atom stereocenters. The molecule has 1 amide bonds. The molecule has 31 heavy (non-hydrogen) atoms. The molecule has 2 heterocycles. The van der Waals surface area contributed by atoms with Crippen LogP contribution in [0.4, 0.5) is 11.5 Å². The Morgan fingerprint density at radius 3 is 2.42 bits per heavy atom. The number of nitrogens with two attached hydrogens (primary N) is 1. The highest BCUT2D eigenvalue weighted by molar-refractivity contribution is 5.82. The van der Waals surface area contributed by atoms with Crippen LogP contribution < -0.4 is 21.9 Å². The lowest BCUT2D eigenvalue weighted by atomic mass is 10.2. The largest absolute Gasteiger partial charge is 0.383 e. The normalized spacial score (nSPS) is 14.3. The van der Waals surface area contributed by atoms with Crippen molar-refractivity contribution in [2.24, 2.45) is 0 Å². The van der Waals surface area contributed by atoms with Gasteiger partial charge >= 0.3 is 5.69 Å². The fourth-order valence-electron chi connectivity index (χ4n) is 4.02. The SMILES string of the molecule is CCCCn1c(N)c(N(CC(=O)N2CCCCCC2)Cc2ccccc2)c(=O)[nH]c1=O. The van der Waals surface area contributed by atoms with Gasteiger partial charge in [-0.2, -0.15) is 0 Å². The van der Waals surface area contributed by atoms with E-state index in [4.69, 9.17) is 5.73 Å². The molecule has 0 atom stereocenters. The predicted molar refractivity (Wildman–Crippen MR) is 123 cm³/mol. The summed E-state index contributed by atoms with van der Waals surface area (Å²) in [6, 6.07) is 9.64. The van der Waals surface area contributed by atoms with E-state index in [0.29, 0.717) is 13.1 Å². The molecule has 8 heteroatoms. The van der Waals surface area contributed by atoms with Gasteiger partial charge in [0.2, 0.25) is 5.91 Å². The maximum atomic E-state index is 13.1. The van der Waals surface area contributed by atoms with E-state index < -0.39 is 11.2 Å². The van der Waals surface area contributed by atoms with Crippen LogP contribution in [0.1, 0.15) is 51.0 Å². The minimum absolute atomic E-state index is 0.0251. The lowest BCUT2D eigenvalue weighted by Crippen LogP contribution is -2.44. The number of carbonyl (C=O) groups is 1. The van der Waals surface area contributed by atoms with Gasteiger partial charge in [0.05, 0.1) is 6.54 Å². The average molecular weight is 428 g/mol. The first-order valence-electron chi connectivity index (χ1n) is 11.2. The molecule has 8 nitrogen and oxygen atoms in total. The van der Waals surface area contributed by atoms with Gasteiger partial charge in [0.25, 0.3) is 5.56 Å². The van der Waals surface area contributed by atoms with Crippen LogP contribution in [0.2, 0.25) is 0 Å². The molecule has 1 aromatic heterocycles. The first-order chi connectivity index (χ1) is 15.0. The van der Waals surface area contributed by atoms with Crippen molar-refractivity contribution >= 4 is 17.4 Å². The third kappa shape index (κ3) is 5.77. The molecule has 0 spiro atoms. The van der Waals surface area contributed by atoms with Gasteiger partial charge in [-0.25, -0.2) is 4.79 Å². The van der Waals surface area contributed by atoms with Crippen LogP contribution in [0.25, 0.3) is 0 Å². The number of aromatic nitrogens is 2. The molecule has 1 aliphatic heterocycles. The molecule has 0 saturated carbocycles. The number of unbranched alkanes of at least 4 members (excludes halogenated alkanes) is 1. The number of anilines is 2. The summed E-state index contributed by atoms with van der Waals surface area (Å²) in [5.74, 6) is 0.0877. The number of nitrogens with one attached hydrogen (secondary N) is 1. The predicted octanol–water partition coefficient (Wildman–Crippen LogP) is 2.33. The number of hydrogen-bond donors (Lipinski definition) is 2. The molecular weight excluding hydrogens is 394 g/mol. The third-order valence-corrected chi connectivity index (χ3v) is 5.77. The van der Waals surface area contributed by atoms with Gasteiger partial charge < -0.3 is 15.5 Å². The van der Waals surface area contributed by atoms with Crippen LogP contribution >= 0.6 is 0 Å². The second-order valence-electron chi connectivity index (χ2n) is 8.13. The van der Waals surface area contributed by atoms with Crippen molar-refractivity contribution < 1.29 is 4.79 Å². The number of likely N-dealkylation sites (tertiary alicyclic amines) is 1. The molecule has 1 saturated heterocycles. The molecule has 1 aromatic carbocycles. The van der Waals surface area contributed by atoms with Gasteiger partial charge in [-0.05, 0) is 24.8 Å². The Bertz CT molecular complexity index is 975. The molecule has 1 aliphatic rings. The Kier molecular flexibility index (Phi) is 7.92. The van der Waals surface area contributed by atoms with Crippen LogP contribution in [0.15, 0.2) is 39.9 Å². The maximum Gasteiger partial charge on any atom is 0.330 e. The summed E-state index contributed by atoms with van der Waals surface area (Å²) in [7, 11) is 0. The zero-order valence-corrected chi connectivity index (χ0v) is 18.3. The van der Waals surface area contributed by atoms with Crippen molar-refractivity contribution in [3.8, 4) is 0 Å². The molecule has 3 N–H and O–H groups in total. The number of aromatic amines is 1. The Hall–Kier alpha value is -3.03. The summed E-state index contributed by atoms with van der Waals surface area (Å²) in [6.45, 7) is 4.30. The zero-order chi connectivity index (χ0) is 22.2. The maximum absolute atomic E-state index is 13.1. The van der Waals surface area contributed by atoms with Gasteiger partial charge in [-0.1, -0.05) is 56.5 Å². The Morgan fingerprint density at radius 1 is 1.10 bits per heavy atom. The Morgan fingerprint density at radius 2 is 1.77 bits per heavy atom. The first-order valence-corrected chi connectivity index (χ1v) is 11.2.